The van der Waals surface area contributed by atoms with Crippen molar-refractivity contribution in [1.29, 1.82) is 0 Å². The quantitative estimate of drug-likeness (QED) is 0.922. The molecule has 0 aliphatic rings. The van der Waals surface area contributed by atoms with E-state index in [2.05, 4.69) is 15.9 Å². The molecule has 0 spiro atoms. The number of nitrogens with two attached hydrogens (primary N) is 1. The van der Waals surface area contributed by atoms with Crippen molar-refractivity contribution in [2.45, 2.75) is 26.4 Å². The molecule has 1 rings (SSSR count). The van der Waals surface area contributed by atoms with Crippen LogP contribution < -0.4 is 5.73 Å². The summed E-state index contributed by atoms with van der Waals surface area (Å²) in [6.07, 6.45) is 0. The lowest BCUT2D eigenvalue weighted by molar-refractivity contribution is -0.133. The van der Waals surface area contributed by atoms with E-state index < -0.39 is 6.04 Å². The van der Waals surface area contributed by atoms with Crippen molar-refractivity contribution < 1.29 is 9.21 Å². The average Bonchev–Trinajstić information content (AvgIpc) is 2.61. The smallest absolute Gasteiger partial charge is 0.239 e. The number of hydrogen-bond donors (Lipinski definition) is 1. The normalized spacial score (nSPS) is 12.9. The molecule has 4 nitrogen and oxygen atoms in total. The molecule has 1 heterocycles. The Labute approximate surface area is 104 Å². The first-order valence-electron chi connectivity index (χ1n) is 5.16. The van der Waals surface area contributed by atoms with E-state index in [1.54, 1.807) is 18.0 Å². The molecular formula is C11H17BrN2O2. The van der Waals surface area contributed by atoms with E-state index in [0.717, 1.165) is 5.76 Å². The van der Waals surface area contributed by atoms with Gasteiger partial charge in [0.15, 0.2) is 4.67 Å². The third-order valence-corrected chi connectivity index (χ3v) is 2.83. The molecule has 0 fully saturated rings. The molecule has 0 saturated carbocycles. The molecule has 90 valence electrons. The van der Waals surface area contributed by atoms with E-state index in [9.17, 15) is 4.79 Å². The molecule has 0 aliphatic heterocycles. The largest absolute Gasteiger partial charge is 0.452 e. The fraction of sp³-hybridized carbons (Fsp3) is 0.545. The summed E-state index contributed by atoms with van der Waals surface area (Å²) in [6.45, 7) is 4.30. The van der Waals surface area contributed by atoms with Crippen LogP contribution in [0.5, 0.6) is 0 Å². The first kappa shape index (κ1) is 13.3. The van der Waals surface area contributed by atoms with Gasteiger partial charge in [-0.25, -0.2) is 0 Å². The van der Waals surface area contributed by atoms with Crippen LogP contribution in [0.4, 0.5) is 0 Å². The summed E-state index contributed by atoms with van der Waals surface area (Å²) < 4.78 is 5.99. The Morgan fingerprint density at radius 3 is 2.62 bits per heavy atom. The van der Waals surface area contributed by atoms with E-state index in [4.69, 9.17) is 10.2 Å². The van der Waals surface area contributed by atoms with Crippen LogP contribution in [0, 0.1) is 5.92 Å². The Kier molecular flexibility index (Phi) is 4.56. The highest BCUT2D eigenvalue weighted by molar-refractivity contribution is 9.10. The maximum atomic E-state index is 11.8. The summed E-state index contributed by atoms with van der Waals surface area (Å²) in [5.41, 5.74) is 5.79. The van der Waals surface area contributed by atoms with Crippen LogP contribution in [0.25, 0.3) is 0 Å². The minimum Gasteiger partial charge on any atom is -0.452 e. The lowest BCUT2D eigenvalue weighted by Crippen LogP contribution is -2.44. The fourth-order valence-electron chi connectivity index (χ4n) is 1.29. The van der Waals surface area contributed by atoms with Crippen LogP contribution in [0.1, 0.15) is 19.6 Å². The highest BCUT2D eigenvalue weighted by atomic mass is 79.9. The van der Waals surface area contributed by atoms with E-state index >= 15 is 0 Å². The second kappa shape index (κ2) is 5.50. The van der Waals surface area contributed by atoms with Gasteiger partial charge < -0.3 is 15.1 Å². The molecule has 0 bridgehead atoms. The predicted octanol–water partition coefficient (Wildman–Crippen LogP) is 1.98. The summed E-state index contributed by atoms with van der Waals surface area (Å²) in [5, 5.41) is 0. The first-order valence-corrected chi connectivity index (χ1v) is 5.96. The van der Waals surface area contributed by atoms with Gasteiger partial charge in [0.1, 0.15) is 5.76 Å². The second-order valence-corrected chi connectivity index (χ2v) is 4.95. The highest BCUT2D eigenvalue weighted by Crippen LogP contribution is 2.15. The van der Waals surface area contributed by atoms with Crippen LogP contribution in [-0.2, 0) is 11.3 Å². The molecule has 0 radical (unpaired) electrons. The van der Waals surface area contributed by atoms with E-state index in [0.29, 0.717) is 11.2 Å². The van der Waals surface area contributed by atoms with Crippen molar-refractivity contribution in [3.63, 3.8) is 0 Å². The number of amides is 1. The van der Waals surface area contributed by atoms with Crippen molar-refractivity contribution >= 4 is 21.8 Å². The number of halogens is 1. The Morgan fingerprint density at radius 2 is 2.19 bits per heavy atom. The summed E-state index contributed by atoms with van der Waals surface area (Å²) in [7, 11) is 1.72. The third kappa shape index (κ3) is 3.35. The van der Waals surface area contributed by atoms with Crippen LogP contribution in [0.3, 0.4) is 0 Å². The molecule has 0 aromatic carbocycles. The Balaban J connectivity index is 2.58. The van der Waals surface area contributed by atoms with Crippen molar-refractivity contribution in [1.82, 2.24) is 4.90 Å². The van der Waals surface area contributed by atoms with Gasteiger partial charge >= 0.3 is 0 Å². The van der Waals surface area contributed by atoms with E-state index in [1.165, 1.54) is 0 Å². The number of furan rings is 1. The summed E-state index contributed by atoms with van der Waals surface area (Å²) in [6, 6.07) is 3.17. The molecule has 16 heavy (non-hydrogen) atoms. The maximum Gasteiger partial charge on any atom is 0.239 e. The molecule has 5 heteroatoms. The molecule has 1 aromatic heterocycles. The van der Waals surface area contributed by atoms with Crippen molar-refractivity contribution in [3.05, 3.63) is 22.6 Å². The lowest BCUT2D eigenvalue weighted by atomic mass is 10.0. The van der Waals surface area contributed by atoms with Crippen LogP contribution in [0.15, 0.2) is 21.2 Å². The predicted molar refractivity (Wildman–Crippen MR) is 65.7 cm³/mol. The molecule has 0 aliphatic carbocycles. The van der Waals surface area contributed by atoms with Crippen molar-refractivity contribution in [3.8, 4) is 0 Å². The van der Waals surface area contributed by atoms with Crippen LogP contribution in [0.2, 0.25) is 0 Å². The number of likely N-dealkylation sites (N-methyl/N-ethyl adjacent to an activating group) is 1. The zero-order valence-electron chi connectivity index (χ0n) is 9.74. The van der Waals surface area contributed by atoms with Gasteiger partial charge in [-0.05, 0) is 34.0 Å². The van der Waals surface area contributed by atoms with Gasteiger partial charge in [0.05, 0.1) is 12.6 Å². The minimum absolute atomic E-state index is 0.0671. The average molecular weight is 289 g/mol. The highest BCUT2D eigenvalue weighted by Gasteiger charge is 2.21. The molecule has 1 aromatic rings. The van der Waals surface area contributed by atoms with Gasteiger partial charge in [-0.1, -0.05) is 13.8 Å². The Morgan fingerprint density at radius 1 is 1.56 bits per heavy atom. The molecular weight excluding hydrogens is 272 g/mol. The summed E-state index contributed by atoms with van der Waals surface area (Å²) in [5.74, 6) is 0.805. The fourth-order valence-corrected chi connectivity index (χ4v) is 1.63. The van der Waals surface area contributed by atoms with Crippen molar-refractivity contribution in [2.75, 3.05) is 7.05 Å². The monoisotopic (exact) mass is 288 g/mol. The number of rotatable bonds is 4. The van der Waals surface area contributed by atoms with Crippen LogP contribution in [-0.4, -0.2) is 23.9 Å². The van der Waals surface area contributed by atoms with Gasteiger partial charge in [0.2, 0.25) is 5.91 Å². The molecule has 1 atom stereocenters. The third-order valence-electron chi connectivity index (χ3n) is 2.40. The van der Waals surface area contributed by atoms with Gasteiger partial charge in [-0.2, -0.15) is 0 Å². The molecule has 0 saturated heterocycles. The standard InChI is InChI=1S/C11H17BrN2O2/c1-7(2)10(13)11(15)14(3)6-8-4-5-9(12)16-8/h4-5,7,10H,6,13H2,1-3H3/t10-/m1/s1. The number of carbonyl (C=O) groups excluding carboxylic acids is 1. The Hall–Kier alpha value is -0.810. The molecule has 1 amide bonds. The zero-order chi connectivity index (χ0) is 12.3. The second-order valence-electron chi connectivity index (χ2n) is 4.17. The zero-order valence-corrected chi connectivity index (χ0v) is 11.3. The molecule has 2 N–H and O–H groups in total. The van der Waals surface area contributed by atoms with E-state index in [-0.39, 0.29) is 11.8 Å². The number of nitrogens with zero attached hydrogens (tertiary/aromatic N) is 1. The number of hydrogen-bond acceptors (Lipinski definition) is 3. The Bertz CT molecular complexity index is 363. The van der Waals surface area contributed by atoms with Gasteiger partial charge in [-0.15, -0.1) is 0 Å². The number of carbonyl (C=O) groups is 1. The van der Waals surface area contributed by atoms with Crippen molar-refractivity contribution in [2.24, 2.45) is 11.7 Å². The topological polar surface area (TPSA) is 59.5 Å². The maximum absolute atomic E-state index is 11.8. The first-order chi connectivity index (χ1) is 7.41. The summed E-state index contributed by atoms with van der Waals surface area (Å²) in [4.78, 5) is 13.4. The molecule has 0 unspecified atom stereocenters. The summed E-state index contributed by atoms with van der Waals surface area (Å²) >= 11 is 3.22. The lowest BCUT2D eigenvalue weighted by Gasteiger charge is -2.22. The van der Waals surface area contributed by atoms with Gasteiger partial charge in [0.25, 0.3) is 0 Å². The van der Waals surface area contributed by atoms with Gasteiger partial charge in [0, 0.05) is 7.05 Å². The van der Waals surface area contributed by atoms with Gasteiger partial charge in [-0.3, -0.25) is 4.79 Å². The van der Waals surface area contributed by atoms with E-state index in [1.807, 2.05) is 19.9 Å². The SMILES string of the molecule is CC(C)[C@@H](N)C(=O)N(C)Cc1ccc(Br)o1. The van der Waals surface area contributed by atoms with Crippen LogP contribution >= 0.6 is 15.9 Å². The minimum atomic E-state index is -0.455.